The van der Waals surface area contributed by atoms with E-state index in [-0.39, 0.29) is 17.0 Å². The topological polar surface area (TPSA) is 51.1 Å². The van der Waals surface area contributed by atoms with E-state index in [2.05, 4.69) is 15.7 Å². The number of nitrogens with zero attached hydrogens (tertiary/aromatic N) is 2. The predicted molar refractivity (Wildman–Crippen MR) is 105 cm³/mol. The lowest BCUT2D eigenvalue weighted by atomic mass is 10.2. The number of benzene rings is 2. The van der Waals surface area contributed by atoms with E-state index in [0.29, 0.717) is 18.0 Å². The molecule has 0 aliphatic carbocycles. The van der Waals surface area contributed by atoms with Crippen LogP contribution < -0.4 is 15.4 Å². The quantitative estimate of drug-likeness (QED) is 0.342. The molecule has 1 aromatic heterocycles. The minimum atomic E-state index is -1.47. The Bertz CT molecular complexity index is 1010. The highest BCUT2D eigenvalue weighted by molar-refractivity contribution is 7.80. The maximum atomic E-state index is 13.8. The van der Waals surface area contributed by atoms with Gasteiger partial charge in [-0.1, -0.05) is 12.1 Å². The van der Waals surface area contributed by atoms with Gasteiger partial charge in [0.05, 0.1) is 24.4 Å². The molecule has 10 heteroatoms. The molecule has 0 saturated heterocycles. The average Bonchev–Trinajstić information content (AvgIpc) is 3.12. The van der Waals surface area contributed by atoms with Crippen LogP contribution in [-0.4, -0.2) is 21.5 Å². The van der Waals surface area contributed by atoms with Crippen molar-refractivity contribution >= 4 is 28.8 Å². The summed E-state index contributed by atoms with van der Waals surface area (Å²) in [6.45, 7) is 1.84. The van der Waals surface area contributed by atoms with Crippen molar-refractivity contribution in [3.8, 4) is 5.75 Å². The second kappa shape index (κ2) is 8.91. The summed E-state index contributed by atoms with van der Waals surface area (Å²) in [5.74, 6) is -4.97. The third kappa shape index (κ3) is 4.83. The van der Waals surface area contributed by atoms with Crippen molar-refractivity contribution in [1.29, 1.82) is 0 Å². The average molecular weight is 424 g/mol. The summed E-state index contributed by atoms with van der Waals surface area (Å²) in [6, 6.07) is 8.85. The number of aromatic nitrogens is 2. The van der Waals surface area contributed by atoms with Crippen LogP contribution in [0, 0.1) is 23.3 Å². The Hall–Kier alpha value is -3.14. The van der Waals surface area contributed by atoms with Crippen LogP contribution in [0.25, 0.3) is 0 Å². The van der Waals surface area contributed by atoms with E-state index in [1.165, 1.54) is 12.3 Å². The van der Waals surface area contributed by atoms with Crippen molar-refractivity contribution in [2.45, 2.75) is 13.5 Å². The van der Waals surface area contributed by atoms with E-state index in [1.807, 2.05) is 19.1 Å². The first-order valence-corrected chi connectivity index (χ1v) is 8.95. The molecule has 3 aromatic rings. The Morgan fingerprint density at radius 3 is 2.45 bits per heavy atom. The van der Waals surface area contributed by atoms with Gasteiger partial charge >= 0.3 is 0 Å². The van der Waals surface area contributed by atoms with Gasteiger partial charge in [-0.05, 0) is 31.3 Å². The standard InChI is InChI=1S/C19H16F4N4OS/c1-2-28-15-6-4-3-5-14(15)24-19(29)25-16-7-8-27(26-16)10-11-17(22)12(20)9-13(21)18(11)23/h3-9H,2,10H2,1H3,(H2,24,25,26,29). The highest BCUT2D eigenvalue weighted by Crippen LogP contribution is 2.24. The van der Waals surface area contributed by atoms with Gasteiger partial charge in [0, 0.05) is 18.3 Å². The molecule has 0 atom stereocenters. The van der Waals surface area contributed by atoms with Crippen molar-refractivity contribution in [1.82, 2.24) is 9.78 Å². The van der Waals surface area contributed by atoms with Gasteiger partial charge < -0.3 is 15.4 Å². The molecule has 0 spiro atoms. The third-order valence-electron chi connectivity index (χ3n) is 3.84. The second-order valence-corrected chi connectivity index (χ2v) is 6.26. The Morgan fingerprint density at radius 1 is 1.07 bits per heavy atom. The van der Waals surface area contributed by atoms with E-state index < -0.39 is 35.4 Å². The fraction of sp³-hybridized carbons (Fsp3) is 0.158. The molecule has 0 radical (unpaired) electrons. The monoisotopic (exact) mass is 424 g/mol. The van der Waals surface area contributed by atoms with Gasteiger partial charge in [-0.2, -0.15) is 5.10 Å². The molecule has 1 heterocycles. The molecule has 5 nitrogen and oxygen atoms in total. The zero-order valence-corrected chi connectivity index (χ0v) is 16.0. The second-order valence-electron chi connectivity index (χ2n) is 5.85. The molecular weight excluding hydrogens is 408 g/mol. The van der Waals surface area contributed by atoms with Crippen LogP contribution in [-0.2, 0) is 6.54 Å². The fourth-order valence-corrected chi connectivity index (χ4v) is 2.78. The number of thiocarbonyl (C=S) groups is 1. The highest BCUT2D eigenvalue weighted by Gasteiger charge is 2.19. The third-order valence-corrected chi connectivity index (χ3v) is 4.04. The van der Waals surface area contributed by atoms with E-state index in [9.17, 15) is 17.6 Å². The Labute approximate surface area is 169 Å². The number of para-hydroxylation sites is 2. The largest absolute Gasteiger partial charge is 0.492 e. The predicted octanol–water partition coefficient (Wildman–Crippen LogP) is 4.70. The molecular formula is C19H16F4N4OS. The lowest BCUT2D eigenvalue weighted by molar-refractivity contribution is 0.342. The van der Waals surface area contributed by atoms with Gasteiger partial charge in [0.25, 0.3) is 0 Å². The summed E-state index contributed by atoms with van der Waals surface area (Å²) in [6.07, 6.45) is 1.39. The minimum absolute atomic E-state index is 0.161. The van der Waals surface area contributed by atoms with Crippen LogP contribution in [0.3, 0.4) is 0 Å². The summed E-state index contributed by atoms with van der Waals surface area (Å²) >= 11 is 5.23. The van der Waals surface area contributed by atoms with Crippen LogP contribution in [0.4, 0.5) is 29.1 Å². The summed E-state index contributed by atoms with van der Waals surface area (Å²) in [5, 5.41) is 10.0. The van der Waals surface area contributed by atoms with E-state index in [4.69, 9.17) is 17.0 Å². The van der Waals surface area contributed by atoms with E-state index in [1.54, 1.807) is 12.1 Å². The summed E-state index contributed by atoms with van der Waals surface area (Å²) < 4.78 is 60.9. The molecule has 2 aromatic carbocycles. The van der Waals surface area contributed by atoms with Crippen LogP contribution in [0.2, 0.25) is 0 Å². The van der Waals surface area contributed by atoms with Crippen LogP contribution in [0.1, 0.15) is 12.5 Å². The van der Waals surface area contributed by atoms with Gasteiger partial charge in [-0.15, -0.1) is 0 Å². The molecule has 0 fully saturated rings. The maximum Gasteiger partial charge on any atom is 0.176 e. The number of hydrogen-bond donors (Lipinski definition) is 2. The summed E-state index contributed by atoms with van der Waals surface area (Å²) in [7, 11) is 0. The number of ether oxygens (including phenoxy) is 1. The molecule has 3 rings (SSSR count). The molecule has 152 valence electrons. The Morgan fingerprint density at radius 2 is 1.76 bits per heavy atom. The molecule has 29 heavy (non-hydrogen) atoms. The lowest BCUT2D eigenvalue weighted by Crippen LogP contribution is -2.20. The number of halogens is 4. The molecule has 2 N–H and O–H groups in total. The first-order valence-electron chi connectivity index (χ1n) is 8.54. The Balaban J connectivity index is 1.69. The summed E-state index contributed by atoms with van der Waals surface area (Å²) in [5.41, 5.74) is -0.117. The molecule has 0 unspecified atom stereocenters. The minimum Gasteiger partial charge on any atom is -0.492 e. The zero-order chi connectivity index (χ0) is 21.0. The highest BCUT2D eigenvalue weighted by atomic mass is 32.1. The normalized spacial score (nSPS) is 10.7. The van der Waals surface area contributed by atoms with E-state index >= 15 is 0 Å². The maximum absolute atomic E-state index is 13.8. The zero-order valence-electron chi connectivity index (χ0n) is 15.2. The number of nitrogens with one attached hydrogen (secondary N) is 2. The van der Waals surface area contributed by atoms with Crippen LogP contribution in [0.15, 0.2) is 42.6 Å². The Kier molecular flexibility index (Phi) is 6.32. The molecule has 0 saturated carbocycles. The summed E-state index contributed by atoms with van der Waals surface area (Å²) in [4.78, 5) is 0. The van der Waals surface area contributed by atoms with Crippen molar-refractivity contribution in [3.05, 3.63) is 71.4 Å². The fourth-order valence-electron chi connectivity index (χ4n) is 2.56. The van der Waals surface area contributed by atoms with Gasteiger partial charge in [0.2, 0.25) is 0 Å². The van der Waals surface area contributed by atoms with Gasteiger partial charge in [0.15, 0.2) is 34.2 Å². The van der Waals surface area contributed by atoms with Crippen molar-refractivity contribution in [3.63, 3.8) is 0 Å². The molecule has 0 aliphatic rings. The van der Waals surface area contributed by atoms with Crippen molar-refractivity contribution in [2.24, 2.45) is 0 Å². The first-order chi connectivity index (χ1) is 13.9. The number of hydrogen-bond acceptors (Lipinski definition) is 3. The van der Waals surface area contributed by atoms with Crippen molar-refractivity contribution < 1.29 is 22.3 Å². The van der Waals surface area contributed by atoms with Crippen molar-refractivity contribution in [2.75, 3.05) is 17.2 Å². The molecule has 0 amide bonds. The molecule has 0 bridgehead atoms. The van der Waals surface area contributed by atoms with Gasteiger partial charge in [0.1, 0.15) is 5.75 Å². The van der Waals surface area contributed by atoms with Gasteiger partial charge in [-0.25, -0.2) is 17.6 Å². The van der Waals surface area contributed by atoms with E-state index in [0.717, 1.165) is 4.68 Å². The van der Waals surface area contributed by atoms with Gasteiger partial charge in [-0.3, -0.25) is 4.68 Å². The van der Waals surface area contributed by atoms with Crippen LogP contribution >= 0.6 is 12.2 Å². The molecule has 0 aliphatic heterocycles. The SMILES string of the molecule is CCOc1ccccc1NC(=S)Nc1ccn(Cc2c(F)c(F)cc(F)c2F)n1. The number of anilines is 2. The lowest BCUT2D eigenvalue weighted by Gasteiger charge is -2.13. The first kappa shape index (κ1) is 20.6. The van der Waals surface area contributed by atoms with Crippen LogP contribution in [0.5, 0.6) is 5.75 Å². The number of rotatable bonds is 6. The smallest absolute Gasteiger partial charge is 0.176 e.